The van der Waals surface area contributed by atoms with Crippen LogP contribution in [-0.4, -0.2) is 24.8 Å². The molecule has 0 radical (unpaired) electrons. The molecule has 120 valence electrons. The Morgan fingerprint density at radius 3 is 2.52 bits per heavy atom. The van der Waals surface area contributed by atoms with Crippen molar-refractivity contribution in [3.63, 3.8) is 0 Å². The number of benzene rings is 2. The smallest absolute Gasteiger partial charge is 0.238 e. The van der Waals surface area contributed by atoms with E-state index in [0.717, 1.165) is 5.56 Å². The second-order valence-corrected chi connectivity index (χ2v) is 5.24. The van der Waals surface area contributed by atoms with Gasteiger partial charge in [-0.2, -0.15) is 0 Å². The van der Waals surface area contributed by atoms with Crippen molar-refractivity contribution in [1.29, 1.82) is 0 Å². The molecule has 23 heavy (non-hydrogen) atoms. The maximum absolute atomic E-state index is 12.8. The van der Waals surface area contributed by atoms with Crippen molar-refractivity contribution in [2.75, 3.05) is 18.4 Å². The van der Waals surface area contributed by atoms with E-state index < -0.39 is 0 Å². The maximum atomic E-state index is 12.8. The van der Waals surface area contributed by atoms with Crippen LogP contribution in [-0.2, 0) is 11.2 Å². The minimum Gasteiger partial charge on any atom is -0.325 e. The highest BCUT2D eigenvalue weighted by Gasteiger charge is 2.04. The fraction of sp³-hybridized carbons (Fsp3) is 0.222. The number of anilines is 1. The zero-order valence-corrected chi connectivity index (χ0v) is 12.9. The van der Waals surface area contributed by atoms with Gasteiger partial charge in [-0.3, -0.25) is 9.59 Å². The number of hydrogen-bond acceptors (Lipinski definition) is 3. The summed E-state index contributed by atoms with van der Waals surface area (Å²) in [6, 6.07) is 13.1. The van der Waals surface area contributed by atoms with Crippen molar-refractivity contribution in [3.05, 3.63) is 65.5 Å². The fourth-order valence-corrected chi connectivity index (χ4v) is 2.11. The molecule has 0 bridgehead atoms. The van der Waals surface area contributed by atoms with Gasteiger partial charge in [-0.15, -0.1) is 0 Å². The van der Waals surface area contributed by atoms with E-state index >= 15 is 0 Å². The SMILES string of the molecule is CC(=O)c1cccc(NC(=O)CNCCc2ccc(F)cc2)c1. The first-order chi connectivity index (χ1) is 11.0. The number of halogens is 1. The highest BCUT2D eigenvalue weighted by molar-refractivity contribution is 5.97. The number of amides is 1. The van der Waals surface area contributed by atoms with Crippen LogP contribution in [0.15, 0.2) is 48.5 Å². The summed E-state index contributed by atoms with van der Waals surface area (Å²) in [5.41, 5.74) is 2.17. The van der Waals surface area contributed by atoms with E-state index in [-0.39, 0.29) is 24.1 Å². The van der Waals surface area contributed by atoms with E-state index in [9.17, 15) is 14.0 Å². The Bertz CT molecular complexity index is 684. The molecule has 0 saturated heterocycles. The third kappa shape index (κ3) is 5.64. The average Bonchev–Trinajstić information content (AvgIpc) is 2.53. The molecule has 0 atom stereocenters. The summed E-state index contributed by atoms with van der Waals surface area (Å²) in [7, 11) is 0. The van der Waals surface area contributed by atoms with Crippen LogP contribution in [0, 0.1) is 5.82 Å². The summed E-state index contributed by atoms with van der Waals surface area (Å²) in [4.78, 5) is 23.1. The zero-order valence-electron chi connectivity index (χ0n) is 12.9. The second kappa shape index (κ2) is 8.19. The molecule has 0 aliphatic rings. The molecule has 4 nitrogen and oxygen atoms in total. The van der Waals surface area contributed by atoms with E-state index in [2.05, 4.69) is 10.6 Å². The summed E-state index contributed by atoms with van der Waals surface area (Å²) < 4.78 is 12.8. The number of carbonyl (C=O) groups is 2. The molecule has 0 aliphatic carbocycles. The summed E-state index contributed by atoms with van der Waals surface area (Å²) in [6.45, 7) is 2.27. The Morgan fingerprint density at radius 1 is 1.09 bits per heavy atom. The van der Waals surface area contributed by atoms with Crippen molar-refractivity contribution >= 4 is 17.4 Å². The van der Waals surface area contributed by atoms with Crippen LogP contribution in [0.25, 0.3) is 0 Å². The number of carbonyl (C=O) groups excluding carboxylic acids is 2. The minimum atomic E-state index is -0.256. The third-order valence-corrected chi connectivity index (χ3v) is 3.34. The summed E-state index contributed by atoms with van der Waals surface area (Å²) >= 11 is 0. The molecule has 2 N–H and O–H groups in total. The van der Waals surface area contributed by atoms with Crippen LogP contribution in [0.1, 0.15) is 22.8 Å². The van der Waals surface area contributed by atoms with Gasteiger partial charge in [0.1, 0.15) is 5.82 Å². The standard InChI is InChI=1S/C18H19FN2O2/c1-13(22)15-3-2-4-17(11-15)21-18(23)12-20-10-9-14-5-7-16(19)8-6-14/h2-8,11,20H,9-10,12H2,1H3,(H,21,23). The van der Waals surface area contributed by atoms with Crippen molar-refractivity contribution in [3.8, 4) is 0 Å². The first-order valence-corrected chi connectivity index (χ1v) is 7.40. The molecule has 0 spiro atoms. The van der Waals surface area contributed by atoms with Crippen LogP contribution in [0.3, 0.4) is 0 Å². The normalized spacial score (nSPS) is 10.3. The third-order valence-electron chi connectivity index (χ3n) is 3.34. The molecule has 5 heteroatoms. The predicted molar refractivity (Wildman–Crippen MR) is 88.0 cm³/mol. The van der Waals surface area contributed by atoms with Crippen LogP contribution < -0.4 is 10.6 Å². The lowest BCUT2D eigenvalue weighted by molar-refractivity contribution is -0.115. The van der Waals surface area contributed by atoms with Gasteiger partial charge in [0.25, 0.3) is 0 Å². The van der Waals surface area contributed by atoms with E-state index in [0.29, 0.717) is 24.2 Å². The highest BCUT2D eigenvalue weighted by Crippen LogP contribution is 2.10. The molecule has 1 amide bonds. The first-order valence-electron chi connectivity index (χ1n) is 7.40. The topological polar surface area (TPSA) is 58.2 Å². The van der Waals surface area contributed by atoms with E-state index in [1.807, 2.05) is 0 Å². The van der Waals surface area contributed by atoms with Gasteiger partial charge in [-0.05, 0) is 49.7 Å². The molecule has 2 rings (SSSR count). The molecule has 0 aromatic heterocycles. The van der Waals surface area contributed by atoms with Crippen LogP contribution in [0.2, 0.25) is 0 Å². The number of nitrogens with one attached hydrogen (secondary N) is 2. The van der Waals surface area contributed by atoms with Crippen LogP contribution in [0.4, 0.5) is 10.1 Å². The Labute approximate surface area is 134 Å². The van der Waals surface area contributed by atoms with Crippen LogP contribution >= 0.6 is 0 Å². The predicted octanol–water partition coefficient (Wildman–Crippen LogP) is 2.80. The largest absolute Gasteiger partial charge is 0.325 e. The molecule has 0 unspecified atom stereocenters. The van der Waals surface area contributed by atoms with E-state index in [1.165, 1.54) is 19.1 Å². The van der Waals surface area contributed by atoms with Gasteiger partial charge in [0.15, 0.2) is 5.78 Å². The number of ketones is 1. The Kier molecular flexibility index (Phi) is 6.00. The van der Waals surface area contributed by atoms with Crippen molar-refractivity contribution < 1.29 is 14.0 Å². The second-order valence-electron chi connectivity index (χ2n) is 5.24. The zero-order chi connectivity index (χ0) is 16.7. The first kappa shape index (κ1) is 16.8. The molecule has 0 fully saturated rings. The van der Waals surface area contributed by atoms with Gasteiger partial charge in [0.05, 0.1) is 6.54 Å². The van der Waals surface area contributed by atoms with Gasteiger partial charge >= 0.3 is 0 Å². The van der Waals surface area contributed by atoms with Gasteiger partial charge in [-0.1, -0.05) is 24.3 Å². The molecule has 2 aromatic rings. The lowest BCUT2D eigenvalue weighted by Gasteiger charge is -2.08. The monoisotopic (exact) mass is 314 g/mol. The lowest BCUT2D eigenvalue weighted by Crippen LogP contribution is -2.29. The summed E-state index contributed by atoms with van der Waals surface area (Å²) in [5, 5.41) is 5.77. The Morgan fingerprint density at radius 2 is 1.83 bits per heavy atom. The van der Waals surface area contributed by atoms with Crippen molar-refractivity contribution in [2.24, 2.45) is 0 Å². The van der Waals surface area contributed by atoms with E-state index in [1.54, 1.807) is 36.4 Å². The molecule has 0 heterocycles. The lowest BCUT2D eigenvalue weighted by atomic mass is 10.1. The number of hydrogen-bond donors (Lipinski definition) is 2. The molecular weight excluding hydrogens is 295 g/mol. The average molecular weight is 314 g/mol. The number of rotatable bonds is 7. The van der Waals surface area contributed by atoms with Crippen molar-refractivity contribution in [1.82, 2.24) is 5.32 Å². The maximum Gasteiger partial charge on any atom is 0.238 e. The fourth-order valence-electron chi connectivity index (χ4n) is 2.11. The van der Waals surface area contributed by atoms with E-state index in [4.69, 9.17) is 0 Å². The van der Waals surface area contributed by atoms with Crippen molar-refractivity contribution in [2.45, 2.75) is 13.3 Å². The molecular formula is C18H19FN2O2. The highest BCUT2D eigenvalue weighted by atomic mass is 19.1. The summed E-state index contributed by atoms with van der Waals surface area (Å²) in [5.74, 6) is -0.475. The van der Waals surface area contributed by atoms with Crippen LogP contribution in [0.5, 0.6) is 0 Å². The summed E-state index contributed by atoms with van der Waals surface area (Å²) in [6.07, 6.45) is 0.716. The van der Waals surface area contributed by atoms with Gasteiger partial charge < -0.3 is 10.6 Å². The minimum absolute atomic E-state index is 0.0430. The molecule has 2 aromatic carbocycles. The quantitative estimate of drug-likeness (QED) is 0.610. The van der Waals surface area contributed by atoms with Gasteiger partial charge in [-0.25, -0.2) is 4.39 Å². The molecule has 0 saturated carbocycles. The Balaban J connectivity index is 1.74. The van der Waals surface area contributed by atoms with Gasteiger partial charge in [0.2, 0.25) is 5.91 Å². The van der Waals surface area contributed by atoms with Gasteiger partial charge in [0, 0.05) is 11.3 Å². The Hall–Kier alpha value is -2.53. The molecule has 0 aliphatic heterocycles. The number of Topliss-reactive ketones (excluding diaryl/α,β-unsaturated/α-hetero) is 1.